The number of likely N-dealkylation sites (tertiary alicyclic amines) is 1. The summed E-state index contributed by atoms with van der Waals surface area (Å²) in [5.74, 6) is -4.52. The molecule has 2 aliphatic heterocycles. The van der Waals surface area contributed by atoms with Gasteiger partial charge in [0.1, 0.15) is 35.1 Å². The number of nitrogens with one attached hydrogen (secondary N) is 1. The number of hydrogen-bond acceptors (Lipinski definition) is 8. The second-order valence-electron chi connectivity index (χ2n) is 12.8. The fourth-order valence-corrected chi connectivity index (χ4v) is 5.69. The second kappa shape index (κ2) is 12.1. The van der Waals surface area contributed by atoms with Gasteiger partial charge in [-0.25, -0.2) is 18.8 Å². The molecule has 240 valence electrons. The summed E-state index contributed by atoms with van der Waals surface area (Å²) in [6, 6.07) is 1.75. The molecule has 1 aromatic carbocycles. The fraction of sp³-hybridized carbons (Fsp3) is 0.567. The summed E-state index contributed by atoms with van der Waals surface area (Å²) in [7, 11) is 0. The lowest BCUT2D eigenvalue weighted by Gasteiger charge is -2.34. The maximum absolute atomic E-state index is 14.2. The fourth-order valence-electron chi connectivity index (χ4n) is 5.69. The molecule has 44 heavy (non-hydrogen) atoms. The first-order valence-electron chi connectivity index (χ1n) is 14.4. The monoisotopic (exact) mass is 618 g/mol. The van der Waals surface area contributed by atoms with Crippen LogP contribution < -0.4 is 5.32 Å². The average molecular weight is 619 g/mol. The van der Waals surface area contributed by atoms with E-state index < -0.39 is 77.0 Å². The van der Waals surface area contributed by atoms with Crippen molar-refractivity contribution in [1.82, 2.24) is 20.2 Å². The third-order valence-corrected chi connectivity index (χ3v) is 8.06. The van der Waals surface area contributed by atoms with E-state index in [0.717, 1.165) is 4.90 Å². The number of ether oxygens (including phenoxy) is 2. The van der Waals surface area contributed by atoms with Gasteiger partial charge in [0, 0.05) is 24.4 Å². The van der Waals surface area contributed by atoms with Gasteiger partial charge in [-0.3, -0.25) is 19.7 Å². The molecule has 0 aromatic heterocycles. The van der Waals surface area contributed by atoms with Gasteiger partial charge in [-0.15, -0.1) is 6.58 Å². The first kappa shape index (κ1) is 32.7. The molecular formula is C30H39FN4O9. The number of nitrogens with zero attached hydrogens (tertiary/aromatic N) is 3. The number of carboxylic acids is 1. The lowest BCUT2D eigenvalue weighted by Crippen LogP contribution is -2.58. The lowest BCUT2D eigenvalue weighted by atomic mass is 10.0. The summed E-state index contributed by atoms with van der Waals surface area (Å²) in [6.07, 6.45) is -1.62. The van der Waals surface area contributed by atoms with Crippen LogP contribution in [0.4, 0.5) is 14.0 Å². The predicted molar refractivity (Wildman–Crippen MR) is 151 cm³/mol. The Morgan fingerprint density at radius 3 is 2.43 bits per heavy atom. The third kappa shape index (κ3) is 6.49. The number of hydroxylamine groups is 2. The summed E-state index contributed by atoms with van der Waals surface area (Å²) in [4.78, 5) is 67.7. The summed E-state index contributed by atoms with van der Waals surface area (Å²) >= 11 is 0. The molecule has 4 rings (SSSR count). The Balaban J connectivity index is 1.56. The highest BCUT2D eigenvalue weighted by molar-refractivity contribution is 5.96. The lowest BCUT2D eigenvalue weighted by molar-refractivity contribution is -0.166. The zero-order chi connectivity index (χ0) is 32.7. The van der Waals surface area contributed by atoms with Crippen LogP contribution in [0.2, 0.25) is 0 Å². The Hall–Kier alpha value is -4.20. The van der Waals surface area contributed by atoms with Crippen LogP contribution in [0.5, 0.6) is 0 Å². The molecular weight excluding hydrogens is 579 g/mol. The number of halogens is 1. The molecule has 0 spiro atoms. The van der Waals surface area contributed by atoms with E-state index in [2.05, 4.69) is 11.9 Å². The zero-order valence-corrected chi connectivity index (χ0v) is 25.4. The molecule has 1 saturated carbocycles. The van der Waals surface area contributed by atoms with E-state index in [9.17, 15) is 38.7 Å². The van der Waals surface area contributed by atoms with E-state index in [-0.39, 0.29) is 37.5 Å². The Morgan fingerprint density at radius 2 is 1.89 bits per heavy atom. The van der Waals surface area contributed by atoms with Crippen LogP contribution in [0.25, 0.3) is 0 Å². The van der Waals surface area contributed by atoms with Crippen LogP contribution in [0.15, 0.2) is 30.9 Å². The SMILES string of the molecule is C=C[C@@H]1CC1(NC(=O)[C@@H]1C[C@@H](OC(=O)N2Cc3cccc(F)c3C2)CN1C(=O)C(C(C)C)N(O)C(=O)OC(C)(C)C)C(=O)O. The van der Waals surface area contributed by atoms with Gasteiger partial charge >= 0.3 is 18.2 Å². The second-order valence-corrected chi connectivity index (χ2v) is 12.8. The van der Waals surface area contributed by atoms with E-state index in [1.54, 1.807) is 46.8 Å². The largest absolute Gasteiger partial charge is 0.479 e. The van der Waals surface area contributed by atoms with Gasteiger partial charge < -0.3 is 24.8 Å². The minimum absolute atomic E-state index is 0.0189. The Bertz CT molecular complexity index is 1360. The quantitative estimate of drug-likeness (QED) is 0.226. The van der Waals surface area contributed by atoms with Crippen LogP contribution in [0.3, 0.4) is 0 Å². The molecule has 0 bridgehead atoms. The number of fused-ring (bicyclic) bond motifs is 1. The van der Waals surface area contributed by atoms with Crippen LogP contribution >= 0.6 is 0 Å². The van der Waals surface area contributed by atoms with Crippen molar-refractivity contribution in [3.05, 3.63) is 47.8 Å². The molecule has 2 heterocycles. The highest BCUT2D eigenvalue weighted by Gasteiger charge is 2.61. The van der Waals surface area contributed by atoms with E-state index >= 15 is 0 Å². The molecule has 14 heteroatoms. The Morgan fingerprint density at radius 1 is 1.20 bits per heavy atom. The number of aliphatic carboxylic acids is 1. The van der Waals surface area contributed by atoms with E-state index in [1.807, 2.05) is 0 Å². The molecule has 1 aromatic rings. The van der Waals surface area contributed by atoms with Crippen molar-refractivity contribution in [2.24, 2.45) is 11.8 Å². The topological polar surface area (TPSA) is 166 Å². The van der Waals surface area contributed by atoms with Crippen molar-refractivity contribution in [2.45, 2.75) is 89.9 Å². The Kier molecular flexibility index (Phi) is 8.97. The third-order valence-electron chi connectivity index (χ3n) is 8.06. The Labute approximate surface area is 254 Å². The minimum atomic E-state index is -1.59. The van der Waals surface area contributed by atoms with Crippen molar-refractivity contribution in [3.63, 3.8) is 0 Å². The highest BCUT2D eigenvalue weighted by atomic mass is 19.1. The molecule has 13 nitrogen and oxygen atoms in total. The van der Waals surface area contributed by atoms with E-state index in [1.165, 1.54) is 17.0 Å². The van der Waals surface area contributed by atoms with Crippen LogP contribution in [0.1, 0.15) is 58.6 Å². The molecule has 3 aliphatic rings. The van der Waals surface area contributed by atoms with Crippen molar-refractivity contribution >= 4 is 30.0 Å². The summed E-state index contributed by atoms with van der Waals surface area (Å²) in [6.45, 7) is 11.4. The van der Waals surface area contributed by atoms with Crippen molar-refractivity contribution in [2.75, 3.05) is 6.54 Å². The minimum Gasteiger partial charge on any atom is -0.479 e. The highest BCUT2D eigenvalue weighted by Crippen LogP contribution is 2.45. The van der Waals surface area contributed by atoms with Crippen molar-refractivity contribution < 1.29 is 48.2 Å². The number of rotatable bonds is 8. The first-order chi connectivity index (χ1) is 20.5. The number of benzene rings is 1. The number of hydrogen-bond donors (Lipinski definition) is 3. The van der Waals surface area contributed by atoms with Crippen molar-refractivity contribution in [1.29, 1.82) is 0 Å². The van der Waals surface area contributed by atoms with Crippen molar-refractivity contribution in [3.8, 4) is 0 Å². The maximum atomic E-state index is 14.2. The molecule has 5 atom stereocenters. The normalized spacial score (nSPS) is 24.8. The van der Waals surface area contributed by atoms with Gasteiger partial charge in [-0.05, 0) is 44.7 Å². The molecule has 0 radical (unpaired) electrons. The molecule has 2 fully saturated rings. The average Bonchev–Trinajstić information content (AvgIpc) is 3.24. The van der Waals surface area contributed by atoms with Gasteiger partial charge in [-0.1, -0.05) is 32.1 Å². The van der Waals surface area contributed by atoms with Crippen LogP contribution in [-0.4, -0.2) is 91.0 Å². The molecule has 4 amide bonds. The van der Waals surface area contributed by atoms with Gasteiger partial charge in [0.05, 0.1) is 13.1 Å². The molecule has 1 aliphatic carbocycles. The van der Waals surface area contributed by atoms with Crippen LogP contribution in [-0.2, 0) is 36.9 Å². The summed E-state index contributed by atoms with van der Waals surface area (Å²) < 4.78 is 25.1. The van der Waals surface area contributed by atoms with E-state index in [4.69, 9.17) is 9.47 Å². The summed E-state index contributed by atoms with van der Waals surface area (Å²) in [5, 5.41) is 23.3. The van der Waals surface area contributed by atoms with Gasteiger partial charge in [0.25, 0.3) is 0 Å². The number of carboxylic acid groups (broad SMARTS) is 1. The summed E-state index contributed by atoms with van der Waals surface area (Å²) in [5.41, 5.74) is -1.57. The number of carbonyl (C=O) groups excluding carboxylic acids is 4. The maximum Gasteiger partial charge on any atom is 0.435 e. The van der Waals surface area contributed by atoms with Gasteiger partial charge in [0.2, 0.25) is 11.8 Å². The van der Waals surface area contributed by atoms with Gasteiger partial charge in [0.15, 0.2) is 0 Å². The van der Waals surface area contributed by atoms with E-state index in [0.29, 0.717) is 11.1 Å². The number of carbonyl (C=O) groups is 5. The molecule has 2 unspecified atom stereocenters. The molecule has 1 saturated heterocycles. The first-order valence-corrected chi connectivity index (χ1v) is 14.4. The zero-order valence-electron chi connectivity index (χ0n) is 25.4. The smallest absolute Gasteiger partial charge is 0.435 e. The number of amides is 4. The van der Waals surface area contributed by atoms with Crippen LogP contribution in [0, 0.1) is 17.7 Å². The standard InChI is InChI=1S/C30H39FN4O9/c1-7-18-12-30(18,26(38)39)32-24(36)22-11-19(43-27(40)33-13-17-9-8-10-21(31)20(17)15-33)14-34(22)25(37)23(16(2)3)35(42)28(41)44-29(4,5)6/h7-10,16,18-19,22-23,42H,1,11-15H2,2-6H3,(H,32,36)(H,38,39)/t18-,19-,22+,23?,30?/m1/s1. The molecule has 3 N–H and O–H groups in total. The van der Waals surface area contributed by atoms with Gasteiger partial charge in [-0.2, -0.15) is 5.06 Å². The predicted octanol–water partition coefficient (Wildman–Crippen LogP) is 3.04.